The lowest BCUT2D eigenvalue weighted by atomic mass is 9.94. The van der Waals surface area contributed by atoms with E-state index in [4.69, 9.17) is 19.3 Å². The van der Waals surface area contributed by atoms with Crippen LogP contribution in [0.2, 0.25) is 0 Å². The number of carbonyl (C=O) groups excluding carboxylic acids is 1. The molecule has 0 fully saturated rings. The monoisotopic (exact) mass is 390 g/mol. The van der Waals surface area contributed by atoms with Crippen molar-refractivity contribution in [1.29, 1.82) is 0 Å². The molecule has 1 aromatic rings. The molecule has 0 atom stereocenters. The minimum Gasteiger partial charge on any atom is -0.496 e. The third-order valence-electron chi connectivity index (χ3n) is 5.01. The molecule has 28 heavy (non-hydrogen) atoms. The normalized spacial score (nSPS) is 13.3. The molecule has 0 radical (unpaired) electrons. The standard InChI is InChI=1S/C22H30O6/c1-5-6-7-12-27-21-16(10-8-14(2)9-11-18(23)24)20(26-4)15(3)17-13-28-22(25)19(17)21/h8H,5-7,9-13H2,1-4H3,(H,23,24)/b14-8+. The Bertz CT molecular complexity index is 763. The van der Waals surface area contributed by atoms with E-state index in [1.165, 1.54) is 0 Å². The molecule has 1 aromatic carbocycles. The van der Waals surface area contributed by atoms with E-state index in [2.05, 4.69) is 6.92 Å². The van der Waals surface area contributed by atoms with E-state index in [0.717, 1.165) is 41.5 Å². The summed E-state index contributed by atoms with van der Waals surface area (Å²) in [7, 11) is 1.61. The summed E-state index contributed by atoms with van der Waals surface area (Å²) in [6.45, 7) is 6.71. The number of esters is 1. The van der Waals surface area contributed by atoms with Gasteiger partial charge >= 0.3 is 11.9 Å². The number of hydrogen-bond donors (Lipinski definition) is 1. The molecule has 154 valence electrons. The van der Waals surface area contributed by atoms with Gasteiger partial charge in [-0.25, -0.2) is 4.79 Å². The van der Waals surface area contributed by atoms with Crippen LogP contribution in [0.25, 0.3) is 0 Å². The second-order valence-corrected chi connectivity index (χ2v) is 7.10. The minimum atomic E-state index is -0.818. The fourth-order valence-electron chi connectivity index (χ4n) is 3.38. The number of aliphatic carboxylic acids is 1. The van der Waals surface area contributed by atoms with Crippen molar-refractivity contribution in [3.63, 3.8) is 0 Å². The van der Waals surface area contributed by atoms with Gasteiger partial charge in [-0.05, 0) is 38.7 Å². The number of rotatable bonds is 11. The maximum Gasteiger partial charge on any atom is 0.342 e. The number of fused-ring (bicyclic) bond motifs is 1. The Labute approximate surface area is 166 Å². The van der Waals surface area contributed by atoms with Gasteiger partial charge in [-0.2, -0.15) is 0 Å². The molecular formula is C22H30O6. The molecule has 0 saturated carbocycles. The van der Waals surface area contributed by atoms with Gasteiger partial charge in [0.05, 0.1) is 13.7 Å². The van der Waals surface area contributed by atoms with Crippen LogP contribution in [-0.2, 0) is 22.6 Å². The van der Waals surface area contributed by atoms with Gasteiger partial charge in [-0.15, -0.1) is 0 Å². The summed E-state index contributed by atoms with van der Waals surface area (Å²) in [6, 6.07) is 0. The molecule has 6 nitrogen and oxygen atoms in total. The Morgan fingerprint density at radius 1 is 1.25 bits per heavy atom. The first-order chi connectivity index (χ1) is 13.4. The van der Waals surface area contributed by atoms with Gasteiger partial charge in [0, 0.05) is 17.5 Å². The maximum atomic E-state index is 12.4. The smallest absolute Gasteiger partial charge is 0.342 e. The van der Waals surface area contributed by atoms with E-state index in [0.29, 0.717) is 36.5 Å². The summed E-state index contributed by atoms with van der Waals surface area (Å²) in [5, 5.41) is 8.87. The molecule has 1 aliphatic heterocycles. The number of benzene rings is 1. The zero-order valence-electron chi connectivity index (χ0n) is 17.2. The van der Waals surface area contributed by atoms with E-state index in [-0.39, 0.29) is 19.0 Å². The van der Waals surface area contributed by atoms with Crippen LogP contribution in [0.3, 0.4) is 0 Å². The predicted molar refractivity (Wildman–Crippen MR) is 106 cm³/mol. The molecule has 0 saturated heterocycles. The number of methoxy groups -OCH3 is 1. The molecular weight excluding hydrogens is 360 g/mol. The molecule has 1 heterocycles. The van der Waals surface area contributed by atoms with E-state index in [1.54, 1.807) is 7.11 Å². The third kappa shape index (κ3) is 5.06. The van der Waals surface area contributed by atoms with Crippen molar-refractivity contribution in [2.75, 3.05) is 13.7 Å². The Hall–Kier alpha value is -2.50. The third-order valence-corrected chi connectivity index (χ3v) is 5.01. The minimum absolute atomic E-state index is 0.0926. The Morgan fingerprint density at radius 3 is 2.64 bits per heavy atom. The number of carbonyl (C=O) groups is 2. The van der Waals surface area contributed by atoms with Gasteiger partial charge in [0.25, 0.3) is 0 Å². The Balaban J connectivity index is 2.41. The Kier molecular flexibility index (Phi) is 7.91. The van der Waals surface area contributed by atoms with Crippen LogP contribution in [0, 0.1) is 6.92 Å². The quantitative estimate of drug-likeness (QED) is 0.338. The summed E-state index contributed by atoms with van der Waals surface area (Å²) in [5.41, 5.74) is 3.99. The first-order valence-corrected chi connectivity index (χ1v) is 9.80. The fourth-order valence-corrected chi connectivity index (χ4v) is 3.38. The molecule has 0 bridgehead atoms. The summed E-state index contributed by atoms with van der Waals surface area (Å²) >= 11 is 0. The molecule has 0 amide bonds. The van der Waals surface area contributed by atoms with Crippen LogP contribution in [0.1, 0.15) is 73.0 Å². The van der Waals surface area contributed by atoms with Crippen LogP contribution in [0.15, 0.2) is 11.6 Å². The summed E-state index contributed by atoms with van der Waals surface area (Å²) in [4.78, 5) is 23.2. The highest BCUT2D eigenvalue weighted by molar-refractivity contribution is 5.98. The van der Waals surface area contributed by atoms with Gasteiger partial charge < -0.3 is 19.3 Å². The molecule has 0 aliphatic carbocycles. The lowest BCUT2D eigenvalue weighted by Gasteiger charge is -2.19. The number of cyclic esters (lactones) is 1. The average molecular weight is 390 g/mol. The van der Waals surface area contributed by atoms with Gasteiger partial charge in [0.1, 0.15) is 23.7 Å². The van der Waals surface area contributed by atoms with Crippen molar-refractivity contribution >= 4 is 11.9 Å². The molecule has 1 N–H and O–H groups in total. The number of hydrogen-bond acceptors (Lipinski definition) is 5. The van der Waals surface area contributed by atoms with Crippen LogP contribution in [-0.4, -0.2) is 30.8 Å². The van der Waals surface area contributed by atoms with Crippen LogP contribution in [0.4, 0.5) is 0 Å². The maximum absolute atomic E-state index is 12.4. The summed E-state index contributed by atoms with van der Waals surface area (Å²) < 4.78 is 17.0. The highest BCUT2D eigenvalue weighted by Crippen LogP contribution is 2.43. The SMILES string of the molecule is CCCCCOc1c(C/C=C(\C)CCC(=O)O)c(OC)c(C)c2c1C(=O)OC2. The van der Waals surface area contributed by atoms with E-state index in [1.807, 2.05) is 19.9 Å². The lowest BCUT2D eigenvalue weighted by Crippen LogP contribution is -2.09. The number of ether oxygens (including phenoxy) is 3. The van der Waals surface area contributed by atoms with Gasteiger partial charge in [0.15, 0.2) is 0 Å². The molecule has 6 heteroatoms. The average Bonchev–Trinajstić information content (AvgIpc) is 3.05. The predicted octanol–water partition coefficient (Wildman–Crippen LogP) is 4.60. The van der Waals surface area contributed by atoms with Crippen molar-refractivity contribution < 1.29 is 28.9 Å². The molecule has 0 aromatic heterocycles. The van der Waals surface area contributed by atoms with Crippen molar-refractivity contribution in [2.24, 2.45) is 0 Å². The van der Waals surface area contributed by atoms with Crippen molar-refractivity contribution in [2.45, 2.75) is 65.9 Å². The summed E-state index contributed by atoms with van der Waals surface area (Å²) in [6.07, 6.45) is 6.10. The second kappa shape index (κ2) is 10.2. The first-order valence-electron chi connectivity index (χ1n) is 9.80. The molecule has 0 spiro atoms. The van der Waals surface area contributed by atoms with E-state index >= 15 is 0 Å². The molecule has 0 unspecified atom stereocenters. The fraction of sp³-hybridized carbons (Fsp3) is 0.545. The second-order valence-electron chi connectivity index (χ2n) is 7.10. The van der Waals surface area contributed by atoms with E-state index in [9.17, 15) is 9.59 Å². The molecule has 1 aliphatic rings. The van der Waals surface area contributed by atoms with Crippen LogP contribution >= 0.6 is 0 Å². The largest absolute Gasteiger partial charge is 0.496 e. The molecule has 2 rings (SSSR count). The van der Waals surface area contributed by atoms with Crippen molar-refractivity contribution in [3.8, 4) is 11.5 Å². The zero-order valence-corrected chi connectivity index (χ0v) is 17.2. The zero-order chi connectivity index (χ0) is 20.7. The lowest BCUT2D eigenvalue weighted by molar-refractivity contribution is -0.136. The topological polar surface area (TPSA) is 82.1 Å². The highest BCUT2D eigenvalue weighted by atomic mass is 16.5. The van der Waals surface area contributed by atoms with Gasteiger partial charge in [-0.3, -0.25) is 4.79 Å². The number of carboxylic acid groups (broad SMARTS) is 1. The van der Waals surface area contributed by atoms with E-state index < -0.39 is 5.97 Å². The van der Waals surface area contributed by atoms with Gasteiger partial charge in [0.2, 0.25) is 0 Å². The number of unbranched alkanes of at least 4 members (excludes halogenated alkanes) is 2. The Morgan fingerprint density at radius 2 is 2.00 bits per heavy atom. The number of carboxylic acids is 1. The van der Waals surface area contributed by atoms with Crippen molar-refractivity contribution in [1.82, 2.24) is 0 Å². The van der Waals surface area contributed by atoms with Crippen LogP contribution < -0.4 is 9.47 Å². The number of allylic oxidation sites excluding steroid dienone is 2. The summed E-state index contributed by atoms with van der Waals surface area (Å²) in [5.74, 6) is 0.0589. The highest BCUT2D eigenvalue weighted by Gasteiger charge is 2.33. The van der Waals surface area contributed by atoms with Crippen LogP contribution in [0.5, 0.6) is 11.5 Å². The first kappa shape index (κ1) is 21.8. The van der Waals surface area contributed by atoms with Crippen molar-refractivity contribution in [3.05, 3.63) is 33.9 Å². The van der Waals surface area contributed by atoms with Gasteiger partial charge in [-0.1, -0.05) is 31.4 Å².